The van der Waals surface area contributed by atoms with Gasteiger partial charge in [-0.3, -0.25) is 5.01 Å². The van der Waals surface area contributed by atoms with E-state index in [0.717, 1.165) is 17.8 Å². The summed E-state index contributed by atoms with van der Waals surface area (Å²) in [5.41, 5.74) is 3.41. The minimum Gasteiger partial charge on any atom is -0.261 e. The van der Waals surface area contributed by atoms with E-state index in [1.54, 1.807) is 11.8 Å². The molecular weight excluding hydrogens is 312 g/mol. The first kappa shape index (κ1) is 16.3. The molecule has 0 aliphatic heterocycles. The lowest BCUT2D eigenvalue weighted by molar-refractivity contribution is 0.858. The molecule has 0 amide bonds. The molecule has 0 radical (unpaired) electrons. The van der Waals surface area contributed by atoms with Crippen molar-refractivity contribution >= 4 is 23.7 Å². The highest BCUT2D eigenvalue weighted by molar-refractivity contribution is 7.98. The van der Waals surface area contributed by atoms with Crippen molar-refractivity contribution in [1.82, 2.24) is 0 Å². The monoisotopic (exact) mass is 332 g/mol. The highest BCUT2D eigenvalue weighted by Crippen LogP contribution is 2.18. The summed E-state index contributed by atoms with van der Waals surface area (Å²) in [4.78, 5) is 1.26. The number of anilines is 1. The van der Waals surface area contributed by atoms with Gasteiger partial charge in [-0.25, -0.2) is 0 Å². The van der Waals surface area contributed by atoms with Gasteiger partial charge in [-0.1, -0.05) is 60.7 Å². The average Bonchev–Trinajstić information content (AvgIpc) is 2.67. The molecule has 0 heterocycles. The third-order valence-electron chi connectivity index (χ3n) is 3.69. The van der Waals surface area contributed by atoms with Gasteiger partial charge in [0.05, 0.1) is 18.4 Å². The van der Waals surface area contributed by atoms with E-state index < -0.39 is 0 Å². The molecule has 0 atom stereocenters. The van der Waals surface area contributed by atoms with E-state index >= 15 is 0 Å². The third kappa shape index (κ3) is 4.49. The number of para-hydroxylation sites is 1. The van der Waals surface area contributed by atoms with Gasteiger partial charge in [0.25, 0.3) is 0 Å². The summed E-state index contributed by atoms with van der Waals surface area (Å²) in [6.07, 6.45) is 4.00. The number of rotatable bonds is 6. The van der Waals surface area contributed by atoms with E-state index in [0.29, 0.717) is 0 Å². The Labute approximate surface area is 147 Å². The molecule has 120 valence electrons. The van der Waals surface area contributed by atoms with E-state index in [2.05, 4.69) is 66.9 Å². The lowest BCUT2D eigenvalue weighted by Gasteiger charge is -2.19. The van der Waals surface area contributed by atoms with E-state index in [1.165, 1.54) is 10.5 Å². The molecule has 3 aromatic rings. The van der Waals surface area contributed by atoms with Gasteiger partial charge >= 0.3 is 0 Å². The van der Waals surface area contributed by atoms with E-state index in [-0.39, 0.29) is 0 Å². The van der Waals surface area contributed by atoms with Crippen LogP contribution in [0.25, 0.3) is 0 Å². The Morgan fingerprint density at radius 2 is 1.46 bits per heavy atom. The molecule has 0 fully saturated rings. The molecule has 0 spiro atoms. The average molecular weight is 332 g/mol. The maximum absolute atomic E-state index is 4.72. The van der Waals surface area contributed by atoms with Crippen molar-refractivity contribution in [2.24, 2.45) is 5.10 Å². The molecule has 0 aliphatic rings. The first-order valence-corrected chi connectivity index (χ1v) is 9.12. The predicted molar refractivity (Wildman–Crippen MR) is 105 cm³/mol. The highest BCUT2D eigenvalue weighted by Gasteiger charge is 2.05. The quantitative estimate of drug-likeness (QED) is 0.339. The van der Waals surface area contributed by atoms with Crippen LogP contribution in [0.4, 0.5) is 5.69 Å². The fraction of sp³-hybridized carbons (Fsp3) is 0.0952. The van der Waals surface area contributed by atoms with Crippen LogP contribution >= 0.6 is 11.8 Å². The highest BCUT2D eigenvalue weighted by atomic mass is 32.2. The smallest absolute Gasteiger partial charge is 0.0666 e. The topological polar surface area (TPSA) is 15.6 Å². The SMILES string of the molecule is CSc1ccc(/C=N\N(Cc2ccccc2)c2ccccc2)cc1. The molecule has 0 aliphatic carbocycles. The van der Waals surface area contributed by atoms with Crippen molar-refractivity contribution in [1.29, 1.82) is 0 Å². The van der Waals surface area contributed by atoms with Crippen LogP contribution in [0.1, 0.15) is 11.1 Å². The second-order valence-corrected chi connectivity index (χ2v) is 6.28. The Kier molecular flexibility index (Phi) is 5.70. The Balaban J connectivity index is 1.82. The van der Waals surface area contributed by atoms with Crippen LogP contribution in [0.15, 0.2) is 94.9 Å². The van der Waals surface area contributed by atoms with Crippen molar-refractivity contribution in [3.05, 3.63) is 96.1 Å². The molecule has 3 heteroatoms. The fourth-order valence-corrected chi connectivity index (χ4v) is 2.79. The van der Waals surface area contributed by atoms with Crippen LogP contribution in [-0.4, -0.2) is 12.5 Å². The molecule has 0 saturated carbocycles. The van der Waals surface area contributed by atoms with Gasteiger partial charge < -0.3 is 0 Å². The molecule has 0 bridgehead atoms. The van der Waals surface area contributed by atoms with Crippen molar-refractivity contribution in [2.75, 3.05) is 11.3 Å². The minimum atomic E-state index is 0.740. The van der Waals surface area contributed by atoms with Gasteiger partial charge in [-0.15, -0.1) is 11.8 Å². The maximum atomic E-state index is 4.72. The number of hydrogen-bond donors (Lipinski definition) is 0. The molecule has 0 aromatic heterocycles. The summed E-state index contributed by atoms with van der Waals surface area (Å²) in [6.45, 7) is 0.740. The second-order valence-electron chi connectivity index (χ2n) is 5.40. The van der Waals surface area contributed by atoms with Crippen molar-refractivity contribution in [3.8, 4) is 0 Å². The standard InChI is InChI=1S/C21H20N2S/c1-24-21-14-12-18(13-15-21)16-22-23(20-10-6-3-7-11-20)17-19-8-4-2-5-9-19/h2-16H,17H2,1H3/b22-16-. The molecular formula is C21H20N2S. The Hall–Kier alpha value is -2.52. The van der Waals surface area contributed by atoms with Gasteiger partial charge in [0.1, 0.15) is 0 Å². The van der Waals surface area contributed by atoms with E-state index in [9.17, 15) is 0 Å². The number of benzene rings is 3. The van der Waals surface area contributed by atoms with E-state index in [1.807, 2.05) is 35.5 Å². The van der Waals surface area contributed by atoms with E-state index in [4.69, 9.17) is 5.10 Å². The molecule has 0 unspecified atom stereocenters. The second kappa shape index (κ2) is 8.37. The van der Waals surface area contributed by atoms with Gasteiger partial charge in [0, 0.05) is 4.90 Å². The van der Waals surface area contributed by atoms with Gasteiger partial charge in [-0.05, 0) is 41.6 Å². The predicted octanol–water partition coefficient (Wildman–Crippen LogP) is 5.45. The van der Waals surface area contributed by atoms with Crippen LogP contribution in [0.2, 0.25) is 0 Å². The molecule has 0 N–H and O–H groups in total. The third-order valence-corrected chi connectivity index (χ3v) is 4.43. The Bertz CT molecular complexity index is 768. The van der Waals surface area contributed by atoms with Crippen LogP contribution in [-0.2, 0) is 6.54 Å². The summed E-state index contributed by atoms with van der Waals surface area (Å²) in [7, 11) is 0. The molecule has 2 nitrogen and oxygen atoms in total. The Morgan fingerprint density at radius 1 is 0.833 bits per heavy atom. The molecule has 3 aromatic carbocycles. The van der Waals surface area contributed by atoms with Crippen LogP contribution in [0.5, 0.6) is 0 Å². The van der Waals surface area contributed by atoms with Crippen molar-refractivity contribution < 1.29 is 0 Å². The summed E-state index contributed by atoms with van der Waals surface area (Å²) in [6, 6.07) is 29.1. The summed E-state index contributed by atoms with van der Waals surface area (Å²) < 4.78 is 0. The lowest BCUT2D eigenvalue weighted by Crippen LogP contribution is -2.15. The lowest BCUT2D eigenvalue weighted by atomic mass is 10.2. The normalized spacial score (nSPS) is 10.9. The fourth-order valence-electron chi connectivity index (χ4n) is 2.38. The molecule has 0 saturated heterocycles. The van der Waals surface area contributed by atoms with Crippen LogP contribution in [0, 0.1) is 0 Å². The summed E-state index contributed by atoms with van der Waals surface area (Å²) in [5.74, 6) is 0. The summed E-state index contributed by atoms with van der Waals surface area (Å²) >= 11 is 1.75. The molecule has 3 rings (SSSR count). The number of nitrogens with zero attached hydrogens (tertiary/aromatic N) is 2. The van der Waals surface area contributed by atoms with Crippen molar-refractivity contribution in [2.45, 2.75) is 11.4 Å². The van der Waals surface area contributed by atoms with Crippen LogP contribution in [0.3, 0.4) is 0 Å². The van der Waals surface area contributed by atoms with Crippen molar-refractivity contribution in [3.63, 3.8) is 0 Å². The zero-order valence-corrected chi connectivity index (χ0v) is 14.5. The zero-order valence-electron chi connectivity index (χ0n) is 13.7. The number of thioether (sulfide) groups is 1. The zero-order chi connectivity index (χ0) is 16.6. The Morgan fingerprint density at radius 3 is 2.08 bits per heavy atom. The maximum Gasteiger partial charge on any atom is 0.0666 e. The minimum absolute atomic E-state index is 0.740. The number of hydrazone groups is 1. The first-order chi connectivity index (χ1) is 11.8. The first-order valence-electron chi connectivity index (χ1n) is 7.90. The van der Waals surface area contributed by atoms with Gasteiger partial charge in [0.15, 0.2) is 0 Å². The van der Waals surface area contributed by atoms with Crippen LogP contribution < -0.4 is 5.01 Å². The summed E-state index contributed by atoms with van der Waals surface area (Å²) in [5, 5.41) is 6.74. The largest absolute Gasteiger partial charge is 0.261 e. The van der Waals surface area contributed by atoms with Gasteiger partial charge in [-0.2, -0.15) is 5.10 Å². The number of hydrogen-bond acceptors (Lipinski definition) is 3. The van der Waals surface area contributed by atoms with Gasteiger partial charge in [0.2, 0.25) is 0 Å². The molecule has 24 heavy (non-hydrogen) atoms.